The molecular weight excluding hydrogens is 433 g/mol. The van der Waals surface area contributed by atoms with Crippen LogP contribution in [0.3, 0.4) is 0 Å². The second kappa shape index (κ2) is 10.2. The minimum atomic E-state index is -0.405. The second-order valence-corrected chi connectivity index (χ2v) is 8.26. The summed E-state index contributed by atoms with van der Waals surface area (Å²) in [5.74, 6) is 0.215. The molecule has 0 spiro atoms. The van der Waals surface area contributed by atoms with E-state index in [1.54, 1.807) is 42.5 Å². The molecule has 0 radical (unpaired) electrons. The topological polar surface area (TPSA) is 81.1 Å². The average molecular weight is 460 g/mol. The van der Waals surface area contributed by atoms with Gasteiger partial charge in [-0.2, -0.15) is 4.98 Å². The highest BCUT2D eigenvalue weighted by Gasteiger charge is 2.18. The summed E-state index contributed by atoms with van der Waals surface area (Å²) in [6.45, 7) is 6.42. The molecule has 1 aromatic heterocycles. The normalized spacial score (nSPS) is 10.9. The Kier molecular flexibility index (Phi) is 6.87. The molecule has 0 aliphatic carbocycles. The number of aromatic nitrogens is 3. The first-order valence-corrected chi connectivity index (χ1v) is 11.0. The Morgan fingerprint density at radius 1 is 1.00 bits per heavy atom. The van der Waals surface area contributed by atoms with E-state index in [4.69, 9.17) is 4.74 Å². The van der Waals surface area contributed by atoms with Crippen LogP contribution in [0.1, 0.15) is 19.4 Å². The highest BCUT2D eigenvalue weighted by molar-refractivity contribution is 6.00. The highest BCUT2D eigenvalue weighted by atomic mass is 19.1. The minimum Gasteiger partial charge on any atom is -0.462 e. The molecule has 0 saturated heterocycles. The molecule has 0 bridgehead atoms. The Hall–Kier alpha value is -4.20. The Labute approximate surface area is 197 Å². The van der Waals surface area contributed by atoms with Crippen molar-refractivity contribution >= 4 is 17.4 Å². The summed E-state index contributed by atoms with van der Waals surface area (Å²) in [5.41, 5.74) is 3.26. The van der Waals surface area contributed by atoms with E-state index in [2.05, 4.69) is 20.7 Å². The monoisotopic (exact) mass is 459 g/mol. The predicted molar refractivity (Wildman–Crippen MR) is 131 cm³/mol. The summed E-state index contributed by atoms with van der Waals surface area (Å²) in [6, 6.07) is 20.8. The number of ether oxygens (including phenoxy) is 1. The lowest BCUT2D eigenvalue weighted by atomic mass is 10.2. The lowest BCUT2D eigenvalue weighted by Crippen LogP contribution is -2.19. The number of urea groups is 1. The van der Waals surface area contributed by atoms with Crippen molar-refractivity contribution in [3.63, 3.8) is 0 Å². The molecule has 1 heterocycles. The van der Waals surface area contributed by atoms with Gasteiger partial charge in [0, 0.05) is 11.4 Å². The summed E-state index contributed by atoms with van der Waals surface area (Å²) < 4.78 is 21.7. The number of nitrogens with zero attached hydrogens (tertiary/aromatic N) is 3. The SMILES string of the molecule is Cc1ccccc1NC(=O)Nc1ccc(-n2nc(OCC(C)C)nc2-c2ccccc2F)cc1. The first kappa shape index (κ1) is 23.0. The van der Waals surface area contributed by atoms with Gasteiger partial charge in [0.25, 0.3) is 0 Å². The fourth-order valence-corrected chi connectivity index (χ4v) is 3.28. The van der Waals surface area contributed by atoms with Crippen LogP contribution in [0.4, 0.5) is 20.6 Å². The Balaban J connectivity index is 1.57. The van der Waals surface area contributed by atoms with Gasteiger partial charge in [-0.1, -0.05) is 44.2 Å². The van der Waals surface area contributed by atoms with Crippen molar-refractivity contribution in [3.8, 4) is 23.1 Å². The number of anilines is 2. The van der Waals surface area contributed by atoms with Crippen LogP contribution in [0.2, 0.25) is 0 Å². The third kappa shape index (κ3) is 5.40. The van der Waals surface area contributed by atoms with Gasteiger partial charge < -0.3 is 15.4 Å². The van der Waals surface area contributed by atoms with Gasteiger partial charge in [0.2, 0.25) is 0 Å². The summed E-state index contributed by atoms with van der Waals surface area (Å²) in [4.78, 5) is 16.8. The van der Waals surface area contributed by atoms with Gasteiger partial charge in [-0.05, 0) is 60.9 Å². The van der Waals surface area contributed by atoms with Crippen molar-refractivity contribution in [1.82, 2.24) is 14.8 Å². The maximum Gasteiger partial charge on any atom is 0.336 e. The molecule has 0 fully saturated rings. The molecule has 2 amide bonds. The highest BCUT2D eigenvalue weighted by Crippen LogP contribution is 2.26. The molecule has 34 heavy (non-hydrogen) atoms. The standard InChI is InChI=1S/C26H26FN5O2/c1-17(2)16-34-26-30-24(21-9-5-6-10-22(21)27)32(31-26)20-14-12-19(13-15-20)28-25(33)29-23-11-7-4-8-18(23)3/h4-15,17H,16H2,1-3H3,(H2,28,29,33). The van der Waals surface area contributed by atoms with Gasteiger partial charge in [0.05, 0.1) is 17.9 Å². The predicted octanol–water partition coefficient (Wildman–Crippen LogP) is 6.06. The van der Waals surface area contributed by atoms with Crippen LogP contribution in [-0.4, -0.2) is 27.4 Å². The smallest absolute Gasteiger partial charge is 0.336 e. The van der Waals surface area contributed by atoms with Gasteiger partial charge in [-0.25, -0.2) is 13.9 Å². The summed E-state index contributed by atoms with van der Waals surface area (Å²) >= 11 is 0. The van der Waals surface area contributed by atoms with E-state index in [1.165, 1.54) is 10.7 Å². The van der Waals surface area contributed by atoms with Crippen molar-refractivity contribution in [3.05, 3.63) is 84.2 Å². The van der Waals surface area contributed by atoms with E-state index in [9.17, 15) is 9.18 Å². The van der Waals surface area contributed by atoms with Crippen molar-refractivity contribution < 1.29 is 13.9 Å². The Morgan fingerprint density at radius 2 is 1.71 bits per heavy atom. The van der Waals surface area contributed by atoms with Gasteiger partial charge in [0.15, 0.2) is 5.82 Å². The maximum atomic E-state index is 14.5. The quantitative estimate of drug-likeness (QED) is 0.352. The molecule has 0 unspecified atom stereocenters. The zero-order valence-electron chi connectivity index (χ0n) is 19.2. The first-order valence-electron chi connectivity index (χ1n) is 11.0. The molecule has 174 valence electrons. The molecule has 4 aromatic rings. The van der Waals surface area contributed by atoms with Crippen LogP contribution in [0.15, 0.2) is 72.8 Å². The van der Waals surface area contributed by atoms with Crippen LogP contribution in [0, 0.1) is 18.7 Å². The average Bonchev–Trinajstić information content (AvgIpc) is 3.24. The van der Waals surface area contributed by atoms with E-state index in [1.807, 2.05) is 45.0 Å². The number of para-hydroxylation sites is 1. The van der Waals surface area contributed by atoms with Crippen LogP contribution >= 0.6 is 0 Å². The molecule has 3 aromatic carbocycles. The van der Waals surface area contributed by atoms with Crippen LogP contribution in [0.25, 0.3) is 17.1 Å². The van der Waals surface area contributed by atoms with Gasteiger partial charge in [-0.3, -0.25) is 0 Å². The summed E-state index contributed by atoms with van der Waals surface area (Å²) in [5, 5.41) is 10.1. The molecule has 4 rings (SSSR count). The summed E-state index contributed by atoms with van der Waals surface area (Å²) in [6.07, 6.45) is 0. The van der Waals surface area contributed by atoms with E-state index in [0.717, 1.165) is 11.3 Å². The van der Waals surface area contributed by atoms with Gasteiger partial charge >= 0.3 is 12.0 Å². The number of nitrogens with one attached hydrogen (secondary N) is 2. The lowest BCUT2D eigenvalue weighted by molar-refractivity contribution is 0.251. The molecule has 0 aliphatic heterocycles. The third-order valence-corrected chi connectivity index (χ3v) is 5.01. The lowest BCUT2D eigenvalue weighted by Gasteiger charge is -2.11. The fourth-order valence-electron chi connectivity index (χ4n) is 3.28. The Morgan fingerprint density at radius 3 is 2.41 bits per heavy atom. The summed E-state index contributed by atoms with van der Waals surface area (Å²) in [7, 11) is 0. The van der Waals surface area contributed by atoms with E-state index in [0.29, 0.717) is 35.3 Å². The third-order valence-electron chi connectivity index (χ3n) is 5.01. The molecule has 0 aliphatic rings. The fraction of sp³-hybridized carbons (Fsp3) is 0.192. The number of amides is 2. The van der Waals surface area contributed by atoms with Crippen LogP contribution < -0.4 is 15.4 Å². The number of carbonyl (C=O) groups excluding carboxylic acids is 1. The minimum absolute atomic E-state index is 0.173. The zero-order valence-corrected chi connectivity index (χ0v) is 19.2. The van der Waals surface area contributed by atoms with Gasteiger partial charge in [-0.15, -0.1) is 5.10 Å². The van der Waals surface area contributed by atoms with E-state index < -0.39 is 5.82 Å². The second-order valence-electron chi connectivity index (χ2n) is 8.26. The molecule has 8 heteroatoms. The number of carbonyl (C=O) groups is 1. The molecule has 0 saturated carbocycles. The number of halogens is 1. The Bertz CT molecular complexity index is 1280. The van der Waals surface area contributed by atoms with Gasteiger partial charge in [0.1, 0.15) is 5.82 Å². The molecule has 7 nitrogen and oxygen atoms in total. The maximum absolute atomic E-state index is 14.5. The van der Waals surface area contributed by atoms with Crippen molar-refractivity contribution in [2.45, 2.75) is 20.8 Å². The van der Waals surface area contributed by atoms with Crippen LogP contribution in [0.5, 0.6) is 6.01 Å². The largest absolute Gasteiger partial charge is 0.462 e. The van der Waals surface area contributed by atoms with Crippen molar-refractivity contribution in [1.29, 1.82) is 0 Å². The number of aryl methyl sites for hydroxylation is 1. The first-order chi connectivity index (χ1) is 16.4. The number of rotatable bonds is 7. The van der Waals surface area contributed by atoms with E-state index in [-0.39, 0.29) is 12.0 Å². The van der Waals surface area contributed by atoms with Crippen molar-refractivity contribution in [2.75, 3.05) is 17.2 Å². The van der Waals surface area contributed by atoms with Crippen LogP contribution in [-0.2, 0) is 0 Å². The molecule has 2 N–H and O–H groups in total. The number of benzene rings is 3. The molecular formula is C26H26FN5O2. The zero-order chi connectivity index (χ0) is 24.1. The number of hydrogen-bond donors (Lipinski definition) is 2. The van der Waals surface area contributed by atoms with Crippen molar-refractivity contribution in [2.24, 2.45) is 5.92 Å². The number of hydrogen-bond acceptors (Lipinski definition) is 4. The van der Waals surface area contributed by atoms with E-state index >= 15 is 0 Å². The molecule has 0 atom stereocenters.